The molecule has 0 aliphatic carbocycles. The maximum atomic E-state index is 11.2. The zero-order valence-electron chi connectivity index (χ0n) is 14.5. The molecule has 5 nitrogen and oxygen atoms in total. The maximum Gasteiger partial charge on any atom is 0.333 e. The number of rotatable bonds is 8. The van der Waals surface area contributed by atoms with E-state index in [2.05, 4.69) is 6.58 Å². The van der Waals surface area contributed by atoms with Crippen LogP contribution in [0.1, 0.15) is 12.5 Å². The number of hydrogen-bond acceptors (Lipinski definition) is 4. The second kappa shape index (κ2) is 9.22. The number of aliphatic carboxylic acids is 1. The first kappa shape index (κ1) is 19.0. The van der Waals surface area contributed by atoms with Crippen molar-refractivity contribution in [2.45, 2.75) is 6.92 Å². The highest BCUT2D eigenvalue weighted by molar-refractivity contribution is 5.87. The molecule has 0 amide bonds. The van der Waals surface area contributed by atoms with Crippen molar-refractivity contribution in [3.8, 4) is 16.9 Å². The highest BCUT2D eigenvalue weighted by Crippen LogP contribution is 2.23. The van der Waals surface area contributed by atoms with Crippen LogP contribution in [0.25, 0.3) is 17.2 Å². The highest BCUT2D eigenvalue weighted by atomic mass is 16.6. The van der Waals surface area contributed by atoms with Crippen molar-refractivity contribution in [3.63, 3.8) is 0 Å². The van der Waals surface area contributed by atoms with E-state index >= 15 is 0 Å². The molecule has 0 aromatic heterocycles. The monoisotopic (exact) mass is 352 g/mol. The summed E-state index contributed by atoms with van der Waals surface area (Å²) in [5.41, 5.74) is 3.21. The Balaban J connectivity index is 1.89. The van der Waals surface area contributed by atoms with Crippen LogP contribution in [0.15, 0.2) is 66.8 Å². The predicted molar refractivity (Wildman–Crippen MR) is 99.8 cm³/mol. The number of ether oxygens (including phenoxy) is 2. The maximum absolute atomic E-state index is 11.2. The van der Waals surface area contributed by atoms with E-state index in [1.807, 2.05) is 48.5 Å². The van der Waals surface area contributed by atoms with Crippen molar-refractivity contribution in [1.29, 1.82) is 0 Å². The van der Waals surface area contributed by atoms with Gasteiger partial charge in [0.15, 0.2) is 0 Å². The molecule has 0 atom stereocenters. The lowest BCUT2D eigenvalue weighted by Gasteiger charge is -2.08. The van der Waals surface area contributed by atoms with Crippen LogP contribution >= 0.6 is 0 Å². The van der Waals surface area contributed by atoms with Crippen molar-refractivity contribution < 1.29 is 24.2 Å². The van der Waals surface area contributed by atoms with Crippen LogP contribution in [-0.2, 0) is 14.3 Å². The highest BCUT2D eigenvalue weighted by Gasteiger charge is 2.03. The number of carbonyl (C=O) groups is 2. The summed E-state index contributed by atoms with van der Waals surface area (Å²) in [4.78, 5) is 21.8. The third kappa shape index (κ3) is 5.94. The first-order valence-electron chi connectivity index (χ1n) is 8.02. The van der Waals surface area contributed by atoms with Gasteiger partial charge >= 0.3 is 11.9 Å². The SMILES string of the molecule is C=C(C)C(=O)OCCOc1ccc(-c2ccc(/C=C/C(=O)O)cc2)cc1. The summed E-state index contributed by atoms with van der Waals surface area (Å²) in [7, 11) is 0. The molecule has 2 aromatic rings. The molecular weight excluding hydrogens is 332 g/mol. The Kier molecular flexibility index (Phi) is 6.74. The Morgan fingerprint density at radius 3 is 2.12 bits per heavy atom. The number of carboxylic acid groups (broad SMARTS) is 1. The normalized spacial score (nSPS) is 10.5. The van der Waals surface area contributed by atoms with Gasteiger partial charge in [-0.3, -0.25) is 0 Å². The lowest BCUT2D eigenvalue weighted by molar-refractivity contribution is -0.139. The summed E-state index contributed by atoms with van der Waals surface area (Å²) in [5, 5.41) is 8.64. The zero-order valence-corrected chi connectivity index (χ0v) is 14.5. The second-order valence-corrected chi connectivity index (χ2v) is 5.58. The fraction of sp³-hybridized carbons (Fsp3) is 0.143. The minimum Gasteiger partial charge on any atom is -0.490 e. The molecule has 0 fully saturated rings. The molecule has 0 aliphatic heterocycles. The number of carboxylic acids is 1. The Labute approximate surface area is 152 Å². The van der Waals surface area contributed by atoms with Crippen LogP contribution < -0.4 is 4.74 Å². The third-order valence-electron chi connectivity index (χ3n) is 3.45. The first-order chi connectivity index (χ1) is 12.5. The summed E-state index contributed by atoms with van der Waals surface area (Å²) in [6, 6.07) is 15.1. The van der Waals surface area contributed by atoms with Gasteiger partial charge in [0.2, 0.25) is 0 Å². The van der Waals surface area contributed by atoms with Crippen LogP contribution in [0, 0.1) is 0 Å². The lowest BCUT2D eigenvalue weighted by atomic mass is 10.0. The van der Waals surface area contributed by atoms with E-state index in [1.165, 1.54) is 0 Å². The number of esters is 1. The first-order valence-corrected chi connectivity index (χ1v) is 8.02. The van der Waals surface area contributed by atoms with Gasteiger partial charge < -0.3 is 14.6 Å². The van der Waals surface area contributed by atoms with E-state index in [-0.39, 0.29) is 13.2 Å². The minimum atomic E-state index is -0.973. The zero-order chi connectivity index (χ0) is 18.9. The lowest BCUT2D eigenvalue weighted by Crippen LogP contribution is -2.12. The Morgan fingerprint density at radius 1 is 1.00 bits per heavy atom. The third-order valence-corrected chi connectivity index (χ3v) is 3.45. The molecule has 0 unspecified atom stereocenters. The average Bonchev–Trinajstić information content (AvgIpc) is 2.64. The van der Waals surface area contributed by atoms with Gasteiger partial charge in [-0.2, -0.15) is 0 Å². The predicted octanol–water partition coefficient (Wildman–Crippen LogP) is 3.95. The van der Waals surface area contributed by atoms with Gasteiger partial charge in [-0.05, 0) is 41.8 Å². The van der Waals surface area contributed by atoms with Gasteiger partial charge in [0.05, 0.1) is 0 Å². The largest absolute Gasteiger partial charge is 0.490 e. The Hall–Kier alpha value is -3.34. The van der Waals surface area contributed by atoms with Crippen LogP contribution in [0.2, 0.25) is 0 Å². The van der Waals surface area contributed by atoms with Gasteiger partial charge in [-0.1, -0.05) is 43.0 Å². The summed E-state index contributed by atoms with van der Waals surface area (Å²) in [6.07, 6.45) is 2.65. The molecule has 0 saturated heterocycles. The van der Waals surface area contributed by atoms with Crippen molar-refractivity contribution in [2.24, 2.45) is 0 Å². The molecule has 0 aliphatic rings. The summed E-state index contributed by atoms with van der Waals surface area (Å²) in [6.45, 7) is 5.54. The molecular formula is C21H20O5. The molecule has 134 valence electrons. The Morgan fingerprint density at radius 2 is 1.58 bits per heavy atom. The average molecular weight is 352 g/mol. The van der Waals surface area contributed by atoms with E-state index in [4.69, 9.17) is 14.6 Å². The van der Waals surface area contributed by atoms with Crippen LogP contribution in [-0.4, -0.2) is 30.3 Å². The van der Waals surface area contributed by atoms with Gasteiger partial charge in [-0.25, -0.2) is 9.59 Å². The van der Waals surface area contributed by atoms with Crippen LogP contribution in [0.5, 0.6) is 5.75 Å². The fourth-order valence-electron chi connectivity index (χ4n) is 2.11. The summed E-state index contributed by atoms with van der Waals surface area (Å²) < 4.78 is 10.5. The van der Waals surface area contributed by atoms with E-state index in [0.29, 0.717) is 11.3 Å². The second-order valence-electron chi connectivity index (χ2n) is 5.58. The van der Waals surface area contributed by atoms with E-state index in [0.717, 1.165) is 22.8 Å². The molecule has 2 aromatic carbocycles. The van der Waals surface area contributed by atoms with Gasteiger partial charge in [0.1, 0.15) is 19.0 Å². The van der Waals surface area contributed by atoms with Crippen LogP contribution in [0.4, 0.5) is 0 Å². The van der Waals surface area contributed by atoms with E-state index < -0.39 is 11.9 Å². The van der Waals surface area contributed by atoms with Crippen LogP contribution in [0.3, 0.4) is 0 Å². The molecule has 0 bridgehead atoms. The minimum absolute atomic E-state index is 0.165. The quantitative estimate of drug-likeness (QED) is 0.442. The smallest absolute Gasteiger partial charge is 0.333 e. The number of hydrogen-bond donors (Lipinski definition) is 1. The molecule has 0 radical (unpaired) electrons. The number of benzene rings is 2. The standard InChI is InChI=1S/C21H20O5/c1-15(2)21(24)26-14-13-25-19-10-8-18(9-11-19)17-6-3-16(4-7-17)5-12-20(22)23/h3-12H,1,13-14H2,2H3,(H,22,23)/b12-5+. The summed E-state index contributed by atoms with van der Waals surface area (Å²) in [5.74, 6) is -0.717. The molecule has 0 saturated carbocycles. The molecule has 0 heterocycles. The van der Waals surface area contributed by atoms with Gasteiger partial charge in [-0.15, -0.1) is 0 Å². The number of carbonyl (C=O) groups excluding carboxylic acids is 1. The van der Waals surface area contributed by atoms with Crippen molar-refractivity contribution >= 4 is 18.0 Å². The molecule has 26 heavy (non-hydrogen) atoms. The molecule has 0 spiro atoms. The fourth-order valence-corrected chi connectivity index (χ4v) is 2.11. The van der Waals surface area contributed by atoms with Gasteiger partial charge in [0.25, 0.3) is 0 Å². The molecule has 1 N–H and O–H groups in total. The Bertz CT molecular complexity index is 801. The van der Waals surface area contributed by atoms with E-state index in [9.17, 15) is 9.59 Å². The molecule has 5 heteroatoms. The van der Waals surface area contributed by atoms with E-state index in [1.54, 1.807) is 13.0 Å². The van der Waals surface area contributed by atoms with Crippen molar-refractivity contribution in [1.82, 2.24) is 0 Å². The van der Waals surface area contributed by atoms with Crippen molar-refractivity contribution in [2.75, 3.05) is 13.2 Å². The molecule has 2 rings (SSSR count). The summed E-state index contributed by atoms with van der Waals surface area (Å²) >= 11 is 0. The van der Waals surface area contributed by atoms with Crippen molar-refractivity contribution in [3.05, 3.63) is 72.3 Å². The topological polar surface area (TPSA) is 72.8 Å². The van der Waals surface area contributed by atoms with Gasteiger partial charge in [0, 0.05) is 11.6 Å².